The molecule has 1 saturated heterocycles. The lowest BCUT2D eigenvalue weighted by atomic mass is 9.71. The number of aliphatic imine (C=N–C) groups is 1. The molecule has 3 aromatic rings. The normalized spacial score (nSPS) is 21.9. The monoisotopic (exact) mass is 692 g/mol. The van der Waals surface area contributed by atoms with Crippen molar-refractivity contribution in [1.82, 2.24) is 14.7 Å². The van der Waals surface area contributed by atoms with Gasteiger partial charge in [-0.3, -0.25) is 14.8 Å². The zero-order chi connectivity index (χ0) is 34.9. The summed E-state index contributed by atoms with van der Waals surface area (Å²) in [5.41, 5.74) is 1.83. The molecule has 258 valence electrons. The van der Waals surface area contributed by atoms with Crippen molar-refractivity contribution in [2.45, 2.75) is 77.5 Å². The first-order valence-corrected chi connectivity index (χ1v) is 17.7. The van der Waals surface area contributed by atoms with E-state index in [-0.39, 0.29) is 17.6 Å². The molecule has 5 rings (SSSR count). The quantitative estimate of drug-likeness (QED) is 0.211. The van der Waals surface area contributed by atoms with E-state index in [9.17, 15) is 0 Å². The number of hydrogen-bond acceptors (Lipinski definition) is 5. The Morgan fingerprint density at radius 1 is 0.896 bits per heavy atom. The van der Waals surface area contributed by atoms with Crippen LogP contribution in [-0.2, 0) is 21.2 Å². The van der Waals surface area contributed by atoms with Crippen molar-refractivity contribution in [2.24, 2.45) is 4.99 Å². The molecule has 0 bridgehead atoms. The second-order valence-electron chi connectivity index (χ2n) is 14.5. The molecule has 0 radical (unpaired) electrons. The fraction of sp³-hybridized carbons (Fsp3) is 0.487. The average Bonchev–Trinajstić information content (AvgIpc) is 3.29. The molecule has 7 nitrogen and oxygen atoms in total. The first kappa shape index (κ1) is 36.2. The van der Waals surface area contributed by atoms with Gasteiger partial charge in [0.2, 0.25) is 0 Å². The van der Waals surface area contributed by atoms with E-state index in [4.69, 9.17) is 37.7 Å². The van der Waals surface area contributed by atoms with Crippen molar-refractivity contribution in [2.75, 3.05) is 46.4 Å². The molecule has 48 heavy (non-hydrogen) atoms. The van der Waals surface area contributed by atoms with E-state index in [1.54, 1.807) is 7.11 Å². The zero-order valence-corrected chi connectivity index (χ0v) is 31.2. The number of carbonyl (C=O) groups is 1. The first-order chi connectivity index (χ1) is 22.7. The Morgan fingerprint density at radius 2 is 1.48 bits per heavy atom. The molecule has 2 aliphatic heterocycles. The fourth-order valence-corrected chi connectivity index (χ4v) is 7.08. The number of hydrogen-bond donors (Lipinski definition) is 0. The predicted octanol–water partition coefficient (Wildman–Crippen LogP) is 8.75. The molecule has 2 heterocycles. The average molecular weight is 694 g/mol. The lowest BCUT2D eigenvalue weighted by Crippen LogP contribution is -2.60. The summed E-state index contributed by atoms with van der Waals surface area (Å²) in [6.07, 6.45) is 0.881. The molecule has 0 spiro atoms. The highest BCUT2D eigenvalue weighted by atomic mass is 35.5. The van der Waals surface area contributed by atoms with Gasteiger partial charge in [0.15, 0.2) is 0 Å². The van der Waals surface area contributed by atoms with E-state index in [1.807, 2.05) is 72.2 Å². The van der Waals surface area contributed by atoms with Gasteiger partial charge < -0.3 is 14.4 Å². The number of nitrogens with zero attached hydrogens (tertiary/aromatic N) is 4. The summed E-state index contributed by atoms with van der Waals surface area (Å²) in [7, 11) is 1.73. The minimum Gasteiger partial charge on any atom is -0.490 e. The summed E-state index contributed by atoms with van der Waals surface area (Å²) in [5.74, 6) is 1.28. The maximum absolute atomic E-state index is 15.2. The summed E-state index contributed by atoms with van der Waals surface area (Å²) in [6, 6.07) is 21.8. The third kappa shape index (κ3) is 7.11. The van der Waals surface area contributed by atoms with Gasteiger partial charge in [-0.05, 0) is 92.6 Å². The summed E-state index contributed by atoms with van der Waals surface area (Å²) >= 11 is 12.8. The van der Waals surface area contributed by atoms with Crippen molar-refractivity contribution < 1.29 is 14.3 Å². The number of piperazine rings is 1. The molecule has 0 saturated carbocycles. The smallest absolute Gasteiger partial charge is 0.326 e. The Labute approximate surface area is 296 Å². The highest BCUT2D eigenvalue weighted by molar-refractivity contribution is 6.30. The van der Waals surface area contributed by atoms with Crippen LogP contribution in [0.25, 0.3) is 0 Å². The Hall–Kier alpha value is -3.10. The first-order valence-electron chi connectivity index (χ1n) is 16.9. The number of carbonyl (C=O) groups excluding carboxylic acids is 1. The largest absolute Gasteiger partial charge is 0.490 e. The molecule has 2 atom stereocenters. The minimum atomic E-state index is -0.953. The van der Waals surface area contributed by atoms with Crippen LogP contribution in [0.2, 0.25) is 10.0 Å². The number of halogens is 2. The van der Waals surface area contributed by atoms with Crippen molar-refractivity contribution in [1.29, 1.82) is 0 Å². The molecular formula is C39H50Cl2N4O3. The van der Waals surface area contributed by atoms with Crippen LogP contribution in [0.3, 0.4) is 0 Å². The Kier molecular flexibility index (Phi) is 10.9. The Balaban J connectivity index is 1.70. The fourth-order valence-electron chi connectivity index (χ4n) is 6.83. The highest BCUT2D eigenvalue weighted by Crippen LogP contribution is 2.54. The summed E-state index contributed by atoms with van der Waals surface area (Å²) in [6.45, 7) is 19.3. The number of amides is 2. The molecule has 0 N–H and O–H groups in total. The van der Waals surface area contributed by atoms with Gasteiger partial charge in [-0.2, -0.15) is 0 Å². The standard InChI is InChI=1S/C39H50Cl2N4O3/c1-27(2)48-34-26-30(37(3,4)5)14-19-33(34)35-42-38(6,28-10-15-31(40)16-11-28)39(7,29-12-17-32(41)18-13-29)45(35)36(46)44-23-21-43(22-24-44)20-9-25-47-8/h10-19,26-27H,9,20-25H2,1-8H3. The highest BCUT2D eigenvalue weighted by Gasteiger charge is 2.60. The maximum Gasteiger partial charge on any atom is 0.326 e. The molecule has 9 heteroatoms. The Bertz CT molecular complexity index is 1610. The molecule has 2 aliphatic rings. The van der Waals surface area contributed by atoms with E-state index in [0.717, 1.165) is 54.9 Å². The van der Waals surface area contributed by atoms with Gasteiger partial charge in [-0.25, -0.2) is 4.79 Å². The van der Waals surface area contributed by atoms with Gasteiger partial charge in [0.1, 0.15) is 22.7 Å². The van der Waals surface area contributed by atoms with Crippen LogP contribution in [0.15, 0.2) is 71.7 Å². The molecule has 3 aromatic carbocycles. The lowest BCUT2D eigenvalue weighted by molar-refractivity contribution is 0.0837. The van der Waals surface area contributed by atoms with Gasteiger partial charge in [0.05, 0.1) is 11.7 Å². The van der Waals surface area contributed by atoms with Crippen molar-refractivity contribution >= 4 is 35.1 Å². The number of benzene rings is 3. The Morgan fingerprint density at radius 3 is 2.02 bits per heavy atom. The topological polar surface area (TPSA) is 57.6 Å². The van der Waals surface area contributed by atoms with Crippen LogP contribution in [0, 0.1) is 0 Å². The van der Waals surface area contributed by atoms with Gasteiger partial charge in [0.25, 0.3) is 0 Å². The third-order valence-electron chi connectivity index (χ3n) is 9.86. The zero-order valence-electron chi connectivity index (χ0n) is 29.6. The van der Waals surface area contributed by atoms with E-state index in [1.165, 1.54) is 0 Å². The van der Waals surface area contributed by atoms with Crippen LogP contribution >= 0.6 is 23.2 Å². The minimum absolute atomic E-state index is 0.0818. The SMILES string of the molecule is COCCCN1CCN(C(=O)N2C(c3ccc(C(C)(C)C)cc3OC(C)C)=NC(C)(c3ccc(Cl)cc3)C2(C)c2ccc(Cl)cc2)CC1. The van der Waals surface area contributed by atoms with Crippen LogP contribution < -0.4 is 4.74 Å². The van der Waals surface area contributed by atoms with Crippen molar-refractivity contribution in [3.8, 4) is 5.75 Å². The summed E-state index contributed by atoms with van der Waals surface area (Å²) in [5, 5.41) is 1.27. The molecular weight excluding hydrogens is 643 g/mol. The number of urea groups is 1. The van der Waals surface area contributed by atoms with Gasteiger partial charge in [0, 0.05) is 56.5 Å². The predicted molar refractivity (Wildman–Crippen MR) is 197 cm³/mol. The van der Waals surface area contributed by atoms with Crippen LogP contribution in [0.1, 0.15) is 77.1 Å². The molecule has 2 amide bonds. The van der Waals surface area contributed by atoms with Crippen LogP contribution in [0.5, 0.6) is 5.75 Å². The number of rotatable bonds is 9. The van der Waals surface area contributed by atoms with Crippen molar-refractivity contribution in [3.63, 3.8) is 0 Å². The number of methoxy groups -OCH3 is 1. The number of ether oxygens (including phenoxy) is 2. The summed E-state index contributed by atoms with van der Waals surface area (Å²) in [4.78, 5) is 27.1. The van der Waals surface area contributed by atoms with Gasteiger partial charge >= 0.3 is 6.03 Å². The molecule has 2 unspecified atom stereocenters. The summed E-state index contributed by atoms with van der Waals surface area (Å²) < 4.78 is 11.8. The van der Waals surface area contributed by atoms with E-state index in [0.29, 0.717) is 34.7 Å². The van der Waals surface area contributed by atoms with Crippen LogP contribution in [-0.4, -0.2) is 79.1 Å². The molecule has 0 aliphatic carbocycles. The maximum atomic E-state index is 15.2. The number of amidine groups is 1. The van der Waals surface area contributed by atoms with E-state index in [2.05, 4.69) is 57.7 Å². The van der Waals surface area contributed by atoms with Crippen molar-refractivity contribution in [3.05, 3.63) is 99.0 Å². The van der Waals surface area contributed by atoms with Gasteiger partial charge in [-0.15, -0.1) is 0 Å². The molecule has 1 fully saturated rings. The lowest BCUT2D eigenvalue weighted by Gasteiger charge is -2.47. The molecule has 0 aromatic heterocycles. The second-order valence-corrected chi connectivity index (χ2v) is 15.4. The van der Waals surface area contributed by atoms with E-state index < -0.39 is 11.1 Å². The van der Waals surface area contributed by atoms with Gasteiger partial charge in [-0.1, -0.05) is 74.3 Å². The second kappa shape index (κ2) is 14.4. The third-order valence-corrected chi connectivity index (χ3v) is 10.4. The van der Waals surface area contributed by atoms with E-state index >= 15 is 4.79 Å². The van der Waals surface area contributed by atoms with Crippen LogP contribution in [0.4, 0.5) is 4.79 Å².